The van der Waals surface area contributed by atoms with Gasteiger partial charge in [0.1, 0.15) is 0 Å². The summed E-state index contributed by atoms with van der Waals surface area (Å²) in [6, 6.07) is 0. The maximum atomic E-state index is 9.04. The van der Waals surface area contributed by atoms with E-state index in [4.69, 9.17) is 20.4 Å². The van der Waals surface area contributed by atoms with Crippen LogP contribution in [-0.2, 0) is 0 Å². The number of aliphatic hydroxyl groups is 4. The highest BCUT2D eigenvalue weighted by molar-refractivity contribution is 4.75. The van der Waals surface area contributed by atoms with Crippen LogP contribution in [0, 0.1) is 5.41 Å². The highest BCUT2D eigenvalue weighted by Crippen LogP contribution is 2.27. The molecule has 0 radical (unpaired) electrons. The van der Waals surface area contributed by atoms with Crippen molar-refractivity contribution in [3.63, 3.8) is 0 Å². The average Bonchev–Trinajstić information content (AvgIpc) is 2.42. The van der Waals surface area contributed by atoms with Gasteiger partial charge in [-0.05, 0) is 32.1 Å². The van der Waals surface area contributed by atoms with E-state index in [0.29, 0.717) is 0 Å². The van der Waals surface area contributed by atoms with Crippen LogP contribution in [0.3, 0.4) is 0 Å². The highest BCUT2D eigenvalue weighted by atomic mass is 16.3. The molecule has 0 unspecified atom stereocenters. The summed E-state index contributed by atoms with van der Waals surface area (Å²) < 4.78 is 0. The minimum Gasteiger partial charge on any atom is -0.396 e. The molecule has 0 heterocycles. The molecule has 4 N–H and O–H groups in total. The molecule has 0 aliphatic rings. The van der Waals surface area contributed by atoms with E-state index in [-0.39, 0.29) is 31.8 Å². The minimum atomic E-state index is -0.212. The normalized spacial score (nSPS) is 11.0. The molecule has 0 aromatic heterocycles. The largest absolute Gasteiger partial charge is 0.396 e. The van der Waals surface area contributed by atoms with Crippen molar-refractivity contribution in [1.29, 1.82) is 0 Å². The molecule has 0 saturated carbocycles. The molecule has 0 bridgehead atoms. The van der Waals surface area contributed by atoms with Crippen molar-refractivity contribution in [3.05, 3.63) is 0 Å². The van der Waals surface area contributed by atoms with Crippen molar-refractivity contribution in [2.45, 2.75) is 58.8 Å². The summed E-state index contributed by atoms with van der Waals surface area (Å²) in [4.78, 5) is 0. The van der Waals surface area contributed by atoms with Crippen molar-refractivity contribution in [2.75, 3.05) is 26.4 Å². The van der Waals surface area contributed by atoms with Crippen LogP contribution in [0.1, 0.15) is 58.8 Å². The third-order valence-electron chi connectivity index (χ3n) is 3.30. The predicted molar refractivity (Wildman–Crippen MR) is 74.4 cm³/mol. The summed E-state index contributed by atoms with van der Waals surface area (Å²) in [5.74, 6) is 0. The first-order valence-corrected chi connectivity index (χ1v) is 7.09. The Morgan fingerprint density at radius 3 is 1.50 bits per heavy atom. The second kappa shape index (κ2) is 14.9. The number of unbranched alkanes of at least 4 members (excludes halogenated alkanes) is 3. The van der Waals surface area contributed by atoms with Crippen LogP contribution in [0.25, 0.3) is 0 Å². The van der Waals surface area contributed by atoms with Crippen LogP contribution in [0.15, 0.2) is 0 Å². The van der Waals surface area contributed by atoms with E-state index in [0.717, 1.165) is 44.9 Å². The zero-order valence-corrected chi connectivity index (χ0v) is 12.1. The molecule has 18 heavy (non-hydrogen) atoms. The summed E-state index contributed by atoms with van der Waals surface area (Å²) in [6.07, 6.45) is 6.60. The molecule has 0 aliphatic carbocycles. The summed E-state index contributed by atoms with van der Waals surface area (Å²) in [5, 5.41) is 34.5. The topological polar surface area (TPSA) is 80.9 Å². The Labute approximate surface area is 112 Å². The molecule has 4 nitrogen and oxygen atoms in total. The third kappa shape index (κ3) is 11.0. The quantitative estimate of drug-likeness (QED) is 0.453. The lowest BCUT2D eigenvalue weighted by molar-refractivity contribution is 0.0420. The van der Waals surface area contributed by atoms with Gasteiger partial charge in [0, 0.05) is 18.6 Å². The van der Waals surface area contributed by atoms with Gasteiger partial charge >= 0.3 is 0 Å². The third-order valence-corrected chi connectivity index (χ3v) is 3.30. The summed E-state index contributed by atoms with van der Waals surface area (Å²) in [5.41, 5.74) is -0.212. The Balaban J connectivity index is 0. The van der Waals surface area contributed by atoms with Crippen molar-refractivity contribution < 1.29 is 20.4 Å². The number of aliphatic hydroxyl groups excluding tert-OH is 4. The second-order valence-corrected chi connectivity index (χ2v) is 4.78. The van der Waals surface area contributed by atoms with Crippen LogP contribution in [0.2, 0.25) is 0 Å². The average molecular weight is 264 g/mol. The van der Waals surface area contributed by atoms with E-state index in [1.165, 1.54) is 0 Å². The number of rotatable bonds is 10. The van der Waals surface area contributed by atoms with Crippen molar-refractivity contribution in [1.82, 2.24) is 0 Å². The van der Waals surface area contributed by atoms with Gasteiger partial charge in [0.25, 0.3) is 0 Å². The van der Waals surface area contributed by atoms with Crippen LogP contribution in [0.4, 0.5) is 0 Å². The Bertz CT molecular complexity index is 134. The number of hydrogen-bond acceptors (Lipinski definition) is 4. The van der Waals surface area contributed by atoms with Gasteiger partial charge in [-0.3, -0.25) is 0 Å². The standard InChI is InChI=1S/C9H20O2.C5H12O2/c1-3-5-6-9(4-2,7-10)8-11;6-4-2-1-3-5-7/h10-11H,3-8H2,1-2H3;6-7H,1-5H2. The Hall–Kier alpha value is -0.160. The number of hydrogen-bond donors (Lipinski definition) is 4. The van der Waals surface area contributed by atoms with Gasteiger partial charge in [-0.25, -0.2) is 0 Å². The fourth-order valence-corrected chi connectivity index (χ4v) is 1.56. The van der Waals surface area contributed by atoms with Gasteiger partial charge in [0.2, 0.25) is 0 Å². The van der Waals surface area contributed by atoms with E-state index in [1.807, 2.05) is 6.92 Å². The zero-order chi connectivity index (χ0) is 14.3. The summed E-state index contributed by atoms with van der Waals surface area (Å²) in [6.45, 7) is 4.86. The van der Waals surface area contributed by atoms with Crippen LogP contribution >= 0.6 is 0 Å². The lowest BCUT2D eigenvalue weighted by Gasteiger charge is -2.27. The Morgan fingerprint density at radius 2 is 1.22 bits per heavy atom. The molecule has 0 aliphatic heterocycles. The highest BCUT2D eigenvalue weighted by Gasteiger charge is 2.25. The van der Waals surface area contributed by atoms with Crippen LogP contribution in [0.5, 0.6) is 0 Å². The Morgan fingerprint density at radius 1 is 0.722 bits per heavy atom. The molecule has 4 heteroatoms. The molecule has 0 fully saturated rings. The summed E-state index contributed by atoms with van der Waals surface area (Å²) >= 11 is 0. The molecule has 0 aromatic carbocycles. The minimum absolute atomic E-state index is 0.111. The molecular formula is C14H32O4. The maximum absolute atomic E-state index is 9.04. The first-order valence-electron chi connectivity index (χ1n) is 7.09. The molecule has 0 atom stereocenters. The molecule has 0 amide bonds. The van der Waals surface area contributed by atoms with Crippen LogP contribution < -0.4 is 0 Å². The molecule has 0 spiro atoms. The maximum Gasteiger partial charge on any atom is 0.0509 e. The van der Waals surface area contributed by atoms with E-state index < -0.39 is 0 Å². The summed E-state index contributed by atoms with van der Waals surface area (Å²) in [7, 11) is 0. The SMILES string of the molecule is CCCCC(CC)(CO)CO.OCCCCCO. The van der Waals surface area contributed by atoms with Gasteiger partial charge in [0.15, 0.2) is 0 Å². The van der Waals surface area contributed by atoms with E-state index >= 15 is 0 Å². The smallest absolute Gasteiger partial charge is 0.0509 e. The second-order valence-electron chi connectivity index (χ2n) is 4.78. The zero-order valence-electron chi connectivity index (χ0n) is 12.1. The van der Waals surface area contributed by atoms with Gasteiger partial charge < -0.3 is 20.4 Å². The molecule has 0 saturated heterocycles. The Kier molecular flexibility index (Phi) is 16.7. The first-order chi connectivity index (χ1) is 8.66. The molecular weight excluding hydrogens is 232 g/mol. The van der Waals surface area contributed by atoms with E-state index in [9.17, 15) is 0 Å². The fourth-order valence-electron chi connectivity index (χ4n) is 1.56. The lowest BCUT2D eigenvalue weighted by atomic mass is 9.82. The van der Waals surface area contributed by atoms with Crippen molar-refractivity contribution in [2.24, 2.45) is 5.41 Å². The van der Waals surface area contributed by atoms with Crippen LogP contribution in [-0.4, -0.2) is 46.9 Å². The van der Waals surface area contributed by atoms with Crippen molar-refractivity contribution in [3.8, 4) is 0 Å². The molecule has 0 aromatic rings. The van der Waals surface area contributed by atoms with E-state index in [2.05, 4.69) is 6.92 Å². The first kappa shape index (κ1) is 20.2. The van der Waals surface area contributed by atoms with Gasteiger partial charge in [-0.15, -0.1) is 0 Å². The monoisotopic (exact) mass is 264 g/mol. The lowest BCUT2D eigenvalue weighted by Crippen LogP contribution is -2.28. The van der Waals surface area contributed by atoms with Gasteiger partial charge in [0.05, 0.1) is 13.2 Å². The van der Waals surface area contributed by atoms with E-state index in [1.54, 1.807) is 0 Å². The predicted octanol–water partition coefficient (Wildman–Crippen LogP) is 1.70. The molecule has 0 rings (SSSR count). The van der Waals surface area contributed by atoms with Crippen molar-refractivity contribution >= 4 is 0 Å². The van der Waals surface area contributed by atoms with Gasteiger partial charge in [-0.1, -0.05) is 26.7 Å². The fraction of sp³-hybridized carbons (Fsp3) is 1.00. The van der Waals surface area contributed by atoms with Gasteiger partial charge in [-0.2, -0.15) is 0 Å². The molecule has 112 valence electrons.